The standard InChI is InChI=1S/C9H9NO4/c11-4-3-5-6-1-2-7(9(13)14)10(6)8(5)12/h2-3,6,11H,1,4H2,(H,13,14)/b5-3+. The molecule has 1 amide bonds. The van der Waals surface area contributed by atoms with Gasteiger partial charge in [0.25, 0.3) is 5.91 Å². The van der Waals surface area contributed by atoms with Crippen molar-refractivity contribution in [2.24, 2.45) is 0 Å². The van der Waals surface area contributed by atoms with Gasteiger partial charge in [0, 0.05) is 5.57 Å². The van der Waals surface area contributed by atoms with Crippen LogP contribution in [0.1, 0.15) is 6.42 Å². The number of carbonyl (C=O) groups excluding carboxylic acids is 1. The Balaban J connectivity index is 2.22. The monoisotopic (exact) mass is 195 g/mol. The van der Waals surface area contributed by atoms with Gasteiger partial charge in [0.2, 0.25) is 0 Å². The van der Waals surface area contributed by atoms with Crippen LogP contribution in [0.4, 0.5) is 0 Å². The van der Waals surface area contributed by atoms with E-state index in [2.05, 4.69) is 0 Å². The Kier molecular flexibility index (Phi) is 1.89. The number of aliphatic carboxylic acids is 1. The Labute approximate surface area is 79.9 Å². The average molecular weight is 195 g/mol. The van der Waals surface area contributed by atoms with Crippen LogP contribution in [-0.4, -0.2) is 39.6 Å². The molecule has 2 aliphatic heterocycles. The molecule has 0 aromatic rings. The largest absolute Gasteiger partial charge is 0.477 e. The van der Waals surface area contributed by atoms with Gasteiger partial charge in [0.05, 0.1) is 12.6 Å². The number of carboxylic acid groups (broad SMARTS) is 1. The number of nitrogens with zero attached hydrogens (tertiary/aromatic N) is 1. The molecule has 0 aliphatic carbocycles. The molecule has 0 aromatic heterocycles. The number of aliphatic hydroxyl groups is 1. The minimum absolute atomic E-state index is 0.0510. The molecule has 2 rings (SSSR count). The van der Waals surface area contributed by atoms with Crippen molar-refractivity contribution in [2.75, 3.05) is 6.61 Å². The molecule has 0 aromatic carbocycles. The fourth-order valence-electron chi connectivity index (χ4n) is 1.84. The van der Waals surface area contributed by atoms with E-state index in [1.54, 1.807) is 0 Å². The number of β-lactam (4-membered cyclic amide) rings is 1. The van der Waals surface area contributed by atoms with Crippen LogP contribution in [-0.2, 0) is 9.59 Å². The lowest BCUT2D eigenvalue weighted by Gasteiger charge is -2.38. The van der Waals surface area contributed by atoms with E-state index in [1.807, 2.05) is 0 Å². The molecule has 1 atom stereocenters. The summed E-state index contributed by atoms with van der Waals surface area (Å²) in [6.07, 6.45) is 3.49. The molecular weight excluding hydrogens is 186 g/mol. The van der Waals surface area contributed by atoms with E-state index in [0.29, 0.717) is 12.0 Å². The summed E-state index contributed by atoms with van der Waals surface area (Å²) in [6.45, 7) is -0.187. The molecule has 5 heteroatoms. The molecule has 0 bridgehead atoms. The summed E-state index contributed by atoms with van der Waals surface area (Å²) in [7, 11) is 0. The summed E-state index contributed by atoms with van der Waals surface area (Å²) in [4.78, 5) is 23.3. The summed E-state index contributed by atoms with van der Waals surface area (Å²) < 4.78 is 0. The van der Waals surface area contributed by atoms with Crippen LogP contribution in [0.5, 0.6) is 0 Å². The normalized spacial score (nSPS) is 27.4. The first-order chi connectivity index (χ1) is 6.66. The second-order valence-corrected chi connectivity index (χ2v) is 3.16. The second kappa shape index (κ2) is 2.95. The minimum Gasteiger partial charge on any atom is -0.477 e. The van der Waals surface area contributed by atoms with Crippen molar-refractivity contribution >= 4 is 11.9 Å². The molecule has 1 fully saturated rings. The van der Waals surface area contributed by atoms with Gasteiger partial charge in [-0.25, -0.2) is 4.79 Å². The van der Waals surface area contributed by atoms with Gasteiger partial charge in [-0.2, -0.15) is 0 Å². The molecule has 0 spiro atoms. The van der Waals surface area contributed by atoms with Crippen LogP contribution in [0.2, 0.25) is 0 Å². The topological polar surface area (TPSA) is 77.8 Å². The molecule has 1 saturated heterocycles. The third kappa shape index (κ3) is 0.990. The van der Waals surface area contributed by atoms with Crippen molar-refractivity contribution in [2.45, 2.75) is 12.5 Å². The number of carboxylic acids is 1. The van der Waals surface area contributed by atoms with Crippen molar-refractivity contribution in [1.29, 1.82) is 0 Å². The lowest BCUT2D eigenvalue weighted by Crippen LogP contribution is -2.52. The fourth-order valence-corrected chi connectivity index (χ4v) is 1.84. The average Bonchev–Trinajstić information content (AvgIpc) is 2.54. The predicted octanol–water partition coefficient (Wildman–Crippen LogP) is -0.512. The summed E-state index contributed by atoms with van der Waals surface area (Å²) in [5.74, 6) is -1.39. The summed E-state index contributed by atoms with van der Waals surface area (Å²) in [5, 5.41) is 17.4. The molecule has 5 nitrogen and oxygen atoms in total. The van der Waals surface area contributed by atoms with Crippen molar-refractivity contribution in [1.82, 2.24) is 4.90 Å². The molecule has 0 radical (unpaired) electrons. The Hall–Kier alpha value is -1.62. The molecule has 2 N–H and O–H groups in total. The van der Waals surface area contributed by atoms with Crippen molar-refractivity contribution in [3.05, 3.63) is 23.4 Å². The van der Waals surface area contributed by atoms with Crippen LogP contribution in [0, 0.1) is 0 Å². The molecule has 0 saturated carbocycles. The summed E-state index contributed by atoms with van der Waals surface area (Å²) >= 11 is 0. The number of carbonyl (C=O) groups is 2. The first kappa shape index (κ1) is 8.96. The van der Waals surface area contributed by atoms with Gasteiger partial charge in [-0.05, 0) is 12.5 Å². The van der Waals surface area contributed by atoms with E-state index in [4.69, 9.17) is 10.2 Å². The van der Waals surface area contributed by atoms with Gasteiger partial charge >= 0.3 is 5.97 Å². The number of hydrogen-bond acceptors (Lipinski definition) is 3. The van der Waals surface area contributed by atoms with Crippen LogP contribution in [0.25, 0.3) is 0 Å². The maximum absolute atomic E-state index is 11.4. The SMILES string of the molecule is O=C(O)C1=CCC2/C(=C\CO)C(=O)N12. The zero-order chi connectivity index (χ0) is 10.3. The van der Waals surface area contributed by atoms with Gasteiger partial charge in [-0.3, -0.25) is 9.69 Å². The highest BCUT2D eigenvalue weighted by Crippen LogP contribution is 2.37. The number of hydrogen-bond donors (Lipinski definition) is 2. The zero-order valence-electron chi connectivity index (χ0n) is 7.30. The highest BCUT2D eigenvalue weighted by molar-refractivity contribution is 6.08. The number of rotatable bonds is 2. The number of fused-ring (bicyclic) bond motifs is 1. The Bertz CT molecular complexity index is 369. The number of aliphatic hydroxyl groups excluding tert-OH is 1. The van der Waals surface area contributed by atoms with E-state index in [9.17, 15) is 9.59 Å². The molecule has 14 heavy (non-hydrogen) atoms. The first-order valence-corrected chi connectivity index (χ1v) is 4.24. The highest BCUT2D eigenvalue weighted by atomic mass is 16.4. The van der Waals surface area contributed by atoms with E-state index < -0.39 is 5.97 Å². The fraction of sp³-hybridized carbons (Fsp3) is 0.333. The van der Waals surface area contributed by atoms with E-state index in [1.165, 1.54) is 17.1 Å². The van der Waals surface area contributed by atoms with Gasteiger partial charge in [0.1, 0.15) is 5.70 Å². The first-order valence-electron chi connectivity index (χ1n) is 4.24. The van der Waals surface area contributed by atoms with E-state index in [0.717, 1.165) is 0 Å². The molecular formula is C9H9NO4. The smallest absolute Gasteiger partial charge is 0.352 e. The van der Waals surface area contributed by atoms with Gasteiger partial charge in [-0.15, -0.1) is 0 Å². The molecule has 74 valence electrons. The Morgan fingerprint density at radius 1 is 1.71 bits per heavy atom. The van der Waals surface area contributed by atoms with E-state index in [-0.39, 0.29) is 24.3 Å². The third-order valence-electron chi connectivity index (χ3n) is 2.46. The van der Waals surface area contributed by atoms with Crippen molar-refractivity contribution in [3.63, 3.8) is 0 Å². The summed E-state index contributed by atoms with van der Waals surface area (Å²) in [6, 6.07) is -0.166. The zero-order valence-corrected chi connectivity index (χ0v) is 7.30. The van der Waals surface area contributed by atoms with Crippen molar-refractivity contribution in [3.8, 4) is 0 Å². The van der Waals surface area contributed by atoms with Crippen LogP contribution in [0.3, 0.4) is 0 Å². The predicted molar refractivity (Wildman–Crippen MR) is 46.1 cm³/mol. The van der Waals surface area contributed by atoms with Crippen molar-refractivity contribution < 1.29 is 19.8 Å². The molecule has 2 heterocycles. The van der Waals surface area contributed by atoms with Gasteiger partial charge in [0.15, 0.2) is 0 Å². The van der Waals surface area contributed by atoms with Crippen LogP contribution < -0.4 is 0 Å². The minimum atomic E-state index is -1.08. The Morgan fingerprint density at radius 3 is 3.00 bits per heavy atom. The molecule has 1 unspecified atom stereocenters. The van der Waals surface area contributed by atoms with Gasteiger partial charge < -0.3 is 10.2 Å². The van der Waals surface area contributed by atoms with Crippen LogP contribution in [0.15, 0.2) is 23.4 Å². The third-order valence-corrected chi connectivity index (χ3v) is 2.46. The maximum Gasteiger partial charge on any atom is 0.352 e. The van der Waals surface area contributed by atoms with Crippen LogP contribution >= 0.6 is 0 Å². The quantitative estimate of drug-likeness (QED) is 0.459. The lowest BCUT2D eigenvalue weighted by molar-refractivity contribution is -0.142. The summed E-state index contributed by atoms with van der Waals surface area (Å²) in [5.41, 5.74) is 0.565. The number of amides is 1. The van der Waals surface area contributed by atoms with Gasteiger partial charge in [-0.1, -0.05) is 6.08 Å². The Morgan fingerprint density at radius 2 is 2.43 bits per heavy atom. The highest BCUT2D eigenvalue weighted by Gasteiger charge is 2.48. The second-order valence-electron chi connectivity index (χ2n) is 3.16. The van der Waals surface area contributed by atoms with E-state index >= 15 is 0 Å². The molecule has 2 aliphatic rings. The lowest BCUT2D eigenvalue weighted by atomic mass is 9.94. The maximum atomic E-state index is 11.4.